The highest BCUT2D eigenvalue weighted by molar-refractivity contribution is 6.51. The Labute approximate surface area is 65.2 Å². The highest BCUT2D eigenvalue weighted by Gasteiger charge is 1.95. The molecule has 1 rings (SSSR count). The summed E-state index contributed by atoms with van der Waals surface area (Å²) in [6, 6.07) is 5.15. The number of benzene rings is 1. The van der Waals surface area contributed by atoms with E-state index < -0.39 is 0 Å². The van der Waals surface area contributed by atoms with E-state index in [1.807, 2.05) is 0 Å². The summed E-state index contributed by atoms with van der Waals surface area (Å²) in [5.74, 6) is 0. The van der Waals surface area contributed by atoms with Gasteiger partial charge in [-0.3, -0.25) is 0 Å². The van der Waals surface area contributed by atoms with E-state index in [0.717, 1.165) is 0 Å². The Kier molecular flexibility index (Phi) is 2.04. The van der Waals surface area contributed by atoms with E-state index in [1.54, 1.807) is 18.2 Å². The van der Waals surface area contributed by atoms with Gasteiger partial charge in [-0.1, -0.05) is 34.7 Å². The number of hydrogen-bond donors (Lipinski definition) is 0. The van der Waals surface area contributed by atoms with E-state index in [4.69, 9.17) is 31.0 Å². The molecule has 0 unspecified atom stereocenters. The Bertz CT molecular complexity index is 202. The molecule has 0 aliphatic rings. The Morgan fingerprint density at radius 3 is 1.89 bits per heavy atom. The van der Waals surface area contributed by atoms with Crippen molar-refractivity contribution in [3.8, 4) is 0 Å². The van der Waals surface area contributed by atoms with Crippen LogP contribution < -0.4 is 5.46 Å². The molecule has 1 aromatic rings. The first-order valence-electron chi connectivity index (χ1n) is 2.41. The second-order valence-electron chi connectivity index (χ2n) is 1.64. The maximum Gasteiger partial charge on any atom is 0.117 e. The maximum absolute atomic E-state index is 5.60. The quantitative estimate of drug-likeness (QED) is 0.503. The predicted octanol–water partition coefficient (Wildman–Crippen LogP) is 1.79. The normalized spacial score (nSPS) is 9.56. The van der Waals surface area contributed by atoms with Gasteiger partial charge in [0.2, 0.25) is 0 Å². The van der Waals surface area contributed by atoms with Crippen molar-refractivity contribution in [2.45, 2.75) is 0 Å². The van der Waals surface area contributed by atoms with Crippen LogP contribution in [0.3, 0.4) is 0 Å². The van der Waals surface area contributed by atoms with Crippen molar-refractivity contribution in [3.63, 3.8) is 0 Å². The first-order valence-corrected chi connectivity index (χ1v) is 3.17. The fraction of sp³-hybridized carbons (Fsp3) is 0. The third-order valence-electron chi connectivity index (χ3n) is 1.000. The molecule has 0 aromatic heterocycles. The molecular weight excluding hydrogens is 154 g/mol. The summed E-state index contributed by atoms with van der Waals surface area (Å²) in [6.45, 7) is 0. The fourth-order valence-corrected chi connectivity index (χ4v) is 0.908. The van der Waals surface area contributed by atoms with Gasteiger partial charge < -0.3 is 0 Å². The average molecular weight is 157 g/mol. The monoisotopic (exact) mass is 156 g/mol. The molecule has 0 amide bonds. The second kappa shape index (κ2) is 2.63. The minimum absolute atomic E-state index is 0.445. The van der Waals surface area contributed by atoms with Crippen LogP contribution in [0.1, 0.15) is 0 Å². The van der Waals surface area contributed by atoms with Gasteiger partial charge in [0.05, 0.1) is 0 Å². The molecular formula is C6H3BCl2. The van der Waals surface area contributed by atoms with Crippen molar-refractivity contribution in [1.82, 2.24) is 0 Å². The summed E-state index contributed by atoms with van der Waals surface area (Å²) < 4.78 is 0. The lowest BCUT2D eigenvalue weighted by Gasteiger charge is -1.97. The van der Waals surface area contributed by atoms with E-state index in [1.165, 1.54) is 0 Å². The first-order chi connectivity index (χ1) is 4.22. The van der Waals surface area contributed by atoms with Crippen LogP contribution in [0, 0.1) is 0 Å². The molecule has 2 radical (unpaired) electrons. The minimum Gasteiger partial charge on any atom is -0.0849 e. The van der Waals surface area contributed by atoms with Gasteiger partial charge in [-0.2, -0.15) is 0 Å². The summed E-state index contributed by atoms with van der Waals surface area (Å²) in [7, 11) is 5.42. The number of halogens is 2. The van der Waals surface area contributed by atoms with Crippen LogP contribution in [0.4, 0.5) is 0 Å². The van der Waals surface area contributed by atoms with Crippen molar-refractivity contribution >= 4 is 36.5 Å². The average Bonchev–Trinajstić information content (AvgIpc) is 1.83. The first kappa shape index (κ1) is 6.98. The molecule has 0 atom stereocenters. The van der Waals surface area contributed by atoms with Crippen LogP contribution in [0.25, 0.3) is 0 Å². The lowest BCUT2D eigenvalue weighted by molar-refractivity contribution is 1.77. The molecule has 9 heavy (non-hydrogen) atoms. The summed E-state index contributed by atoms with van der Waals surface area (Å²) in [5, 5.41) is 1.00. The van der Waals surface area contributed by atoms with Crippen molar-refractivity contribution < 1.29 is 0 Å². The van der Waals surface area contributed by atoms with Gasteiger partial charge in [-0.05, 0) is 12.1 Å². The van der Waals surface area contributed by atoms with Crippen molar-refractivity contribution in [1.29, 1.82) is 0 Å². The molecule has 0 nitrogen and oxygen atoms in total. The van der Waals surface area contributed by atoms with Crippen LogP contribution in [-0.2, 0) is 0 Å². The summed E-state index contributed by atoms with van der Waals surface area (Å²) in [6.07, 6.45) is 0. The molecule has 0 bridgehead atoms. The second-order valence-corrected chi connectivity index (χ2v) is 2.45. The van der Waals surface area contributed by atoms with Crippen LogP contribution in [0.15, 0.2) is 18.2 Å². The number of rotatable bonds is 0. The maximum atomic E-state index is 5.60. The van der Waals surface area contributed by atoms with Gasteiger partial charge in [0, 0.05) is 10.0 Å². The molecule has 0 fully saturated rings. The summed E-state index contributed by atoms with van der Waals surface area (Å²) in [4.78, 5) is 0. The smallest absolute Gasteiger partial charge is 0.0849 e. The molecule has 0 aliphatic heterocycles. The topological polar surface area (TPSA) is 0 Å². The zero-order chi connectivity index (χ0) is 6.85. The SMILES string of the molecule is [B]c1c(Cl)cccc1Cl. The van der Waals surface area contributed by atoms with Crippen molar-refractivity contribution in [3.05, 3.63) is 28.2 Å². The third-order valence-corrected chi connectivity index (χ3v) is 1.66. The van der Waals surface area contributed by atoms with Gasteiger partial charge in [-0.15, -0.1) is 0 Å². The third kappa shape index (κ3) is 1.41. The van der Waals surface area contributed by atoms with Gasteiger partial charge in [0.25, 0.3) is 0 Å². The highest BCUT2D eigenvalue weighted by atomic mass is 35.5. The zero-order valence-electron chi connectivity index (χ0n) is 4.57. The molecule has 0 aliphatic carbocycles. The van der Waals surface area contributed by atoms with Gasteiger partial charge in [-0.25, -0.2) is 0 Å². The molecule has 0 spiro atoms. The largest absolute Gasteiger partial charge is 0.117 e. The standard InChI is InChI=1S/C6H3BCl2/c7-6-4(8)2-1-3-5(6)9/h1-3H. The number of hydrogen-bond acceptors (Lipinski definition) is 0. The van der Waals surface area contributed by atoms with Gasteiger partial charge in [0.1, 0.15) is 7.85 Å². The summed E-state index contributed by atoms with van der Waals surface area (Å²) in [5.41, 5.74) is 0.445. The molecule has 0 saturated carbocycles. The predicted molar refractivity (Wildman–Crippen MR) is 41.9 cm³/mol. The lowest BCUT2D eigenvalue weighted by atomic mass is 9.96. The van der Waals surface area contributed by atoms with E-state index in [9.17, 15) is 0 Å². The van der Waals surface area contributed by atoms with Gasteiger partial charge >= 0.3 is 0 Å². The van der Waals surface area contributed by atoms with Crippen LogP contribution in [-0.4, -0.2) is 7.85 Å². The molecule has 0 heterocycles. The molecule has 3 heteroatoms. The minimum atomic E-state index is 0.445. The van der Waals surface area contributed by atoms with E-state index in [-0.39, 0.29) is 0 Å². The van der Waals surface area contributed by atoms with E-state index in [2.05, 4.69) is 0 Å². The molecule has 1 aromatic carbocycles. The van der Waals surface area contributed by atoms with Crippen molar-refractivity contribution in [2.75, 3.05) is 0 Å². The van der Waals surface area contributed by atoms with Gasteiger partial charge in [0.15, 0.2) is 0 Å². The Hall–Kier alpha value is -0.135. The van der Waals surface area contributed by atoms with Crippen LogP contribution in [0.5, 0.6) is 0 Å². The summed E-state index contributed by atoms with van der Waals surface area (Å²) >= 11 is 11.2. The van der Waals surface area contributed by atoms with Crippen LogP contribution >= 0.6 is 23.2 Å². The van der Waals surface area contributed by atoms with Crippen molar-refractivity contribution in [2.24, 2.45) is 0 Å². The molecule has 0 saturated heterocycles. The highest BCUT2D eigenvalue weighted by Crippen LogP contribution is 2.10. The Morgan fingerprint density at radius 2 is 1.56 bits per heavy atom. The van der Waals surface area contributed by atoms with E-state index >= 15 is 0 Å². The molecule has 0 N–H and O–H groups in total. The van der Waals surface area contributed by atoms with Crippen LogP contribution in [0.2, 0.25) is 10.0 Å². The molecule has 44 valence electrons. The Balaban J connectivity index is 3.25. The van der Waals surface area contributed by atoms with E-state index in [0.29, 0.717) is 15.5 Å². The zero-order valence-corrected chi connectivity index (χ0v) is 6.08. The lowest BCUT2D eigenvalue weighted by Crippen LogP contribution is -2.04. The Morgan fingerprint density at radius 1 is 1.11 bits per heavy atom. The fourth-order valence-electron chi connectivity index (χ4n) is 0.511.